The molecule has 2 aromatic rings. The summed E-state index contributed by atoms with van der Waals surface area (Å²) in [6, 6.07) is 6.00. The Morgan fingerprint density at radius 2 is 2.13 bits per heavy atom. The number of nitrogens with one attached hydrogen (secondary N) is 1. The van der Waals surface area contributed by atoms with Gasteiger partial charge in [0.25, 0.3) is 5.56 Å². The molecule has 7 nitrogen and oxygen atoms in total. The van der Waals surface area contributed by atoms with E-state index in [1.807, 2.05) is 12.1 Å². The molecule has 3 N–H and O–H groups in total. The van der Waals surface area contributed by atoms with Crippen LogP contribution in [0.15, 0.2) is 28.2 Å². The van der Waals surface area contributed by atoms with E-state index in [2.05, 4.69) is 21.6 Å². The third kappa shape index (κ3) is 3.37. The van der Waals surface area contributed by atoms with E-state index in [0.717, 1.165) is 35.0 Å². The highest BCUT2D eigenvalue weighted by atomic mass is 32.2. The fraction of sp³-hybridized carbons (Fsp3) is 0.333. The summed E-state index contributed by atoms with van der Waals surface area (Å²) in [5.41, 5.74) is 3.26. The van der Waals surface area contributed by atoms with Gasteiger partial charge in [-0.05, 0) is 49.4 Å². The van der Waals surface area contributed by atoms with Crippen molar-refractivity contribution in [3.63, 3.8) is 0 Å². The van der Waals surface area contributed by atoms with Gasteiger partial charge in [0.05, 0.1) is 5.75 Å². The number of hydrogen-bond donors (Lipinski definition) is 2. The van der Waals surface area contributed by atoms with Crippen molar-refractivity contribution in [2.75, 3.05) is 16.9 Å². The minimum atomic E-state index is -0.415. The van der Waals surface area contributed by atoms with Crippen molar-refractivity contribution < 1.29 is 4.79 Å². The van der Waals surface area contributed by atoms with Gasteiger partial charge >= 0.3 is 0 Å². The third-order valence-electron chi connectivity index (χ3n) is 3.73. The van der Waals surface area contributed by atoms with Crippen molar-refractivity contribution in [2.45, 2.75) is 31.3 Å². The van der Waals surface area contributed by atoms with Crippen molar-refractivity contribution >= 4 is 23.4 Å². The molecule has 1 aliphatic carbocycles. The number of hydrogen-bond acceptors (Lipinski definition) is 6. The van der Waals surface area contributed by atoms with Crippen molar-refractivity contribution in [3.8, 4) is 0 Å². The van der Waals surface area contributed by atoms with Crippen LogP contribution in [0.1, 0.15) is 23.2 Å². The van der Waals surface area contributed by atoms with E-state index >= 15 is 0 Å². The van der Waals surface area contributed by atoms with Crippen LogP contribution >= 0.6 is 11.8 Å². The predicted octanol–water partition coefficient (Wildman–Crippen LogP) is 0.880. The van der Waals surface area contributed by atoms with Crippen LogP contribution in [0.4, 0.5) is 5.69 Å². The Morgan fingerprint density at radius 1 is 1.35 bits per heavy atom. The van der Waals surface area contributed by atoms with Gasteiger partial charge in [0.15, 0.2) is 0 Å². The van der Waals surface area contributed by atoms with Crippen LogP contribution in [0, 0.1) is 6.92 Å². The number of carbonyl (C=O) groups excluding carboxylic acids is 1. The van der Waals surface area contributed by atoms with E-state index in [-0.39, 0.29) is 22.5 Å². The van der Waals surface area contributed by atoms with Crippen molar-refractivity contribution in [2.24, 2.45) is 0 Å². The Morgan fingerprint density at radius 3 is 2.96 bits per heavy atom. The predicted molar refractivity (Wildman–Crippen MR) is 89.0 cm³/mol. The third-order valence-corrected chi connectivity index (χ3v) is 4.68. The molecule has 1 aliphatic rings. The number of aryl methyl sites for hydroxylation is 3. The maximum Gasteiger partial charge on any atom is 0.294 e. The SMILES string of the molecule is Cc1nnc(SCC(=O)Nc2ccc3c(c2)CCC3)n(N)c1=O. The Balaban J connectivity index is 1.62. The van der Waals surface area contributed by atoms with E-state index in [0.29, 0.717) is 0 Å². The fourth-order valence-corrected chi connectivity index (χ4v) is 3.20. The summed E-state index contributed by atoms with van der Waals surface area (Å²) >= 11 is 1.08. The summed E-state index contributed by atoms with van der Waals surface area (Å²) in [6.07, 6.45) is 3.34. The lowest BCUT2D eigenvalue weighted by Gasteiger charge is -2.08. The number of nitrogens with two attached hydrogens (primary N) is 1. The van der Waals surface area contributed by atoms with Crippen LogP contribution in [0.25, 0.3) is 0 Å². The maximum absolute atomic E-state index is 12.0. The lowest BCUT2D eigenvalue weighted by Crippen LogP contribution is -2.32. The lowest BCUT2D eigenvalue weighted by atomic mass is 10.1. The highest BCUT2D eigenvalue weighted by Crippen LogP contribution is 2.25. The number of benzene rings is 1. The molecule has 1 heterocycles. The van der Waals surface area contributed by atoms with Gasteiger partial charge < -0.3 is 11.2 Å². The molecule has 0 spiro atoms. The van der Waals surface area contributed by atoms with Gasteiger partial charge in [-0.1, -0.05) is 17.8 Å². The Kier molecular flexibility index (Phi) is 4.33. The van der Waals surface area contributed by atoms with E-state index in [1.54, 1.807) is 0 Å². The molecular weight excluding hydrogens is 314 g/mol. The summed E-state index contributed by atoms with van der Waals surface area (Å²) in [7, 11) is 0. The molecule has 3 rings (SSSR count). The highest BCUT2D eigenvalue weighted by Gasteiger charge is 2.13. The van der Waals surface area contributed by atoms with Gasteiger partial charge in [-0.3, -0.25) is 9.59 Å². The van der Waals surface area contributed by atoms with Crippen LogP contribution in [-0.4, -0.2) is 26.5 Å². The summed E-state index contributed by atoms with van der Waals surface area (Å²) in [6.45, 7) is 1.54. The second kappa shape index (κ2) is 6.41. The monoisotopic (exact) mass is 331 g/mol. The summed E-state index contributed by atoms with van der Waals surface area (Å²) in [4.78, 5) is 23.7. The summed E-state index contributed by atoms with van der Waals surface area (Å²) in [5, 5.41) is 10.6. The van der Waals surface area contributed by atoms with Gasteiger partial charge in [0, 0.05) is 5.69 Å². The van der Waals surface area contributed by atoms with Crippen molar-refractivity contribution in [3.05, 3.63) is 45.4 Å². The van der Waals surface area contributed by atoms with E-state index in [1.165, 1.54) is 24.5 Å². The first kappa shape index (κ1) is 15.5. The first-order valence-corrected chi connectivity index (χ1v) is 8.29. The normalized spacial score (nSPS) is 12.9. The Hall–Kier alpha value is -2.35. The zero-order valence-corrected chi connectivity index (χ0v) is 13.5. The molecule has 0 saturated carbocycles. The zero-order valence-electron chi connectivity index (χ0n) is 12.7. The van der Waals surface area contributed by atoms with E-state index in [4.69, 9.17) is 5.84 Å². The maximum atomic E-state index is 12.0. The van der Waals surface area contributed by atoms with Crippen molar-refractivity contribution in [1.29, 1.82) is 0 Å². The van der Waals surface area contributed by atoms with Gasteiger partial charge in [0.2, 0.25) is 11.1 Å². The smallest absolute Gasteiger partial charge is 0.294 e. The van der Waals surface area contributed by atoms with Gasteiger partial charge in [-0.2, -0.15) is 4.68 Å². The molecule has 0 aliphatic heterocycles. The molecule has 0 unspecified atom stereocenters. The number of nitrogens with zero attached hydrogens (tertiary/aromatic N) is 3. The van der Waals surface area contributed by atoms with Crippen molar-refractivity contribution in [1.82, 2.24) is 14.9 Å². The van der Waals surface area contributed by atoms with Crippen LogP contribution in [0.2, 0.25) is 0 Å². The largest absolute Gasteiger partial charge is 0.334 e. The topological polar surface area (TPSA) is 103 Å². The molecule has 1 amide bonds. The molecule has 0 radical (unpaired) electrons. The minimum absolute atomic E-state index is 0.103. The van der Waals surface area contributed by atoms with Gasteiger partial charge in [-0.15, -0.1) is 10.2 Å². The number of carbonyl (C=O) groups is 1. The molecule has 8 heteroatoms. The fourth-order valence-electron chi connectivity index (χ4n) is 2.55. The second-order valence-electron chi connectivity index (χ2n) is 5.42. The van der Waals surface area contributed by atoms with Crippen LogP contribution in [-0.2, 0) is 17.6 Å². The average Bonchev–Trinajstić information content (AvgIpc) is 2.99. The number of amides is 1. The second-order valence-corrected chi connectivity index (χ2v) is 6.36. The zero-order chi connectivity index (χ0) is 16.4. The average molecular weight is 331 g/mol. The van der Waals surface area contributed by atoms with Gasteiger partial charge in [0.1, 0.15) is 5.69 Å². The van der Waals surface area contributed by atoms with Crippen LogP contribution in [0.5, 0.6) is 0 Å². The number of thioether (sulfide) groups is 1. The molecule has 1 aromatic carbocycles. The van der Waals surface area contributed by atoms with Crippen LogP contribution < -0.4 is 16.7 Å². The molecule has 0 atom stereocenters. The summed E-state index contributed by atoms with van der Waals surface area (Å²) < 4.78 is 0.912. The first-order chi connectivity index (χ1) is 11.0. The quantitative estimate of drug-likeness (QED) is 0.637. The summed E-state index contributed by atoms with van der Waals surface area (Å²) in [5.74, 6) is 5.56. The van der Waals surface area contributed by atoms with E-state index in [9.17, 15) is 9.59 Å². The number of anilines is 1. The standard InChI is InChI=1S/C15H17N5O2S/c1-9-14(22)20(16)15(19-18-9)23-8-13(21)17-12-6-5-10-3-2-4-11(10)7-12/h5-7H,2-4,8,16H2,1H3,(H,17,21). The molecule has 0 fully saturated rings. The minimum Gasteiger partial charge on any atom is -0.334 e. The number of rotatable bonds is 4. The molecule has 23 heavy (non-hydrogen) atoms. The van der Waals surface area contributed by atoms with Crippen LogP contribution in [0.3, 0.4) is 0 Å². The Labute approximate surface area is 137 Å². The molecule has 0 saturated heterocycles. The molecule has 120 valence electrons. The number of aromatic nitrogens is 3. The lowest BCUT2D eigenvalue weighted by molar-refractivity contribution is -0.113. The Bertz CT molecular complexity index is 818. The van der Waals surface area contributed by atoms with E-state index < -0.39 is 5.56 Å². The number of nitrogen functional groups attached to an aromatic ring is 1. The molecular formula is C15H17N5O2S. The van der Waals surface area contributed by atoms with Gasteiger partial charge in [-0.25, -0.2) is 0 Å². The highest BCUT2D eigenvalue weighted by molar-refractivity contribution is 7.99. The first-order valence-electron chi connectivity index (χ1n) is 7.30. The molecule has 1 aromatic heterocycles. The number of fused-ring (bicyclic) bond motifs is 1. The molecule has 0 bridgehead atoms.